The van der Waals surface area contributed by atoms with E-state index in [9.17, 15) is 9.90 Å². The van der Waals surface area contributed by atoms with E-state index in [4.69, 9.17) is 5.11 Å². The highest BCUT2D eigenvalue weighted by atomic mass is 16.4. The first kappa shape index (κ1) is 12.7. The molecule has 1 rings (SSSR count). The molecule has 0 aliphatic rings. The maximum Gasteiger partial charge on any atom is 0.309 e. The Balaban J connectivity index is 2.89. The zero-order chi connectivity index (χ0) is 12.1. The standard InChI is InChI=1S/C13H18O3/c1-3-5-11(13(15)16)12(14)10-7-4-6-9(2)8-10/h4,6-8,11-12,14H,3,5H2,1-2H3,(H,15,16). The predicted molar refractivity (Wildman–Crippen MR) is 62.2 cm³/mol. The Morgan fingerprint density at radius 3 is 2.62 bits per heavy atom. The highest BCUT2D eigenvalue weighted by molar-refractivity contribution is 5.71. The maximum absolute atomic E-state index is 11.0. The van der Waals surface area contributed by atoms with Crippen molar-refractivity contribution in [1.82, 2.24) is 0 Å². The number of hydrogen-bond donors (Lipinski definition) is 2. The van der Waals surface area contributed by atoms with Crippen molar-refractivity contribution >= 4 is 5.97 Å². The number of aliphatic hydroxyl groups is 1. The van der Waals surface area contributed by atoms with Gasteiger partial charge >= 0.3 is 5.97 Å². The summed E-state index contributed by atoms with van der Waals surface area (Å²) in [4.78, 5) is 11.0. The summed E-state index contributed by atoms with van der Waals surface area (Å²) in [7, 11) is 0. The van der Waals surface area contributed by atoms with Gasteiger partial charge in [-0.25, -0.2) is 0 Å². The summed E-state index contributed by atoms with van der Waals surface area (Å²) in [6.45, 7) is 3.84. The second-order valence-corrected chi connectivity index (χ2v) is 4.09. The lowest BCUT2D eigenvalue weighted by Crippen LogP contribution is -2.21. The van der Waals surface area contributed by atoms with Crippen LogP contribution in [0.2, 0.25) is 0 Å². The number of rotatable bonds is 5. The lowest BCUT2D eigenvalue weighted by atomic mass is 9.91. The van der Waals surface area contributed by atoms with E-state index in [0.717, 1.165) is 12.0 Å². The minimum atomic E-state index is -0.934. The molecule has 0 aromatic heterocycles. The van der Waals surface area contributed by atoms with Crippen molar-refractivity contribution < 1.29 is 15.0 Å². The number of aryl methyl sites for hydroxylation is 1. The number of aliphatic carboxylic acids is 1. The molecule has 0 saturated heterocycles. The van der Waals surface area contributed by atoms with E-state index >= 15 is 0 Å². The van der Waals surface area contributed by atoms with Crippen LogP contribution in [0, 0.1) is 12.8 Å². The van der Waals surface area contributed by atoms with Crippen LogP contribution >= 0.6 is 0 Å². The molecular formula is C13H18O3. The van der Waals surface area contributed by atoms with E-state index in [1.54, 1.807) is 6.07 Å². The lowest BCUT2D eigenvalue weighted by Gasteiger charge is -2.19. The van der Waals surface area contributed by atoms with Crippen LogP contribution in [0.3, 0.4) is 0 Å². The molecule has 0 fully saturated rings. The molecule has 88 valence electrons. The molecular weight excluding hydrogens is 204 g/mol. The van der Waals surface area contributed by atoms with E-state index in [2.05, 4.69) is 0 Å². The second-order valence-electron chi connectivity index (χ2n) is 4.09. The average Bonchev–Trinajstić information content (AvgIpc) is 2.24. The van der Waals surface area contributed by atoms with Gasteiger partial charge in [0, 0.05) is 0 Å². The monoisotopic (exact) mass is 222 g/mol. The van der Waals surface area contributed by atoms with E-state index in [0.29, 0.717) is 12.0 Å². The minimum Gasteiger partial charge on any atom is -0.481 e. The first-order chi connectivity index (χ1) is 7.56. The fraction of sp³-hybridized carbons (Fsp3) is 0.462. The van der Waals surface area contributed by atoms with E-state index in [-0.39, 0.29) is 0 Å². The third kappa shape index (κ3) is 3.07. The zero-order valence-corrected chi connectivity index (χ0v) is 9.68. The van der Waals surface area contributed by atoms with E-state index in [1.807, 2.05) is 32.0 Å². The lowest BCUT2D eigenvalue weighted by molar-refractivity contribution is -0.146. The van der Waals surface area contributed by atoms with Crippen LogP contribution in [0.15, 0.2) is 24.3 Å². The van der Waals surface area contributed by atoms with Gasteiger partial charge in [-0.3, -0.25) is 4.79 Å². The van der Waals surface area contributed by atoms with Crippen molar-refractivity contribution in [2.24, 2.45) is 5.92 Å². The van der Waals surface area contributed by atoms with Gasteiger partial charge in [-0.1, -0.05) is 43.2 Å². The van der Waals surface area contributed by atoms with Gasteiger partial charge in [0.25, 0.3) is 0 Å². The molecule has 2 N–H and O–H groups in total. The zero-order valence-electron chi connectivity index (χ0n) is 9.68. The van der Waals surface area contributed by atoms with Gasteiger partial charge < -0.3 is 10.2 Å². The molecule has 0 heterocycles. The number of hydrogen-bond acceptors (Lipinski definition) is 2. The summed E-state index contributed by atoms with van der Waals surface area (Å²) < 4.78 is 0. The largest absolute Gasteiger partial charge is 0.481 e. The summed E-state index contributed by atoms with van der Waals surface area (Å²) in [6.07, 6.45) is 0.321. The van der Waals surface area contributed by atoms with Crippen molar-refractivity contribution in [3.63, 3.8) is 0 Å². The van der Waals surface area contributed by atoms with Crippen LogP contribution < -0.4 is 0 Å². The molecule has 0 aliphatic heterocycles. The molecule has 0 aliphatic carbocycles. The second kappa shape index (κ2) is 5.66. The number of carboxylic acid groups (broad SMARTS) is 1. The van der Waals surface area contributed by atoms with Crippen LogP contribution in [-0.2, 0) is 4.79 Å². The number of carbonyl (C=O) groups is 1. The Morgan fingerprint density at radius 2 is 2.12 bits per heavy atom. The molecule has 0 saturated carbocycles. The van der Waals surface area contributed by atoms with Gasteiger partial charge in [0.15, 0.2) is 0 Å². The molecule has 16 heavy (non-hydrogen) atoms. The molecule has 3 nitrogen and oxygen atoms in total. The summed E-state index contributed by atoms with van der Waals surface area (Å²) in [5, 5.41) is 19.1. The van der Waals surface area contributed by atoms with Gasteiger partial charge in [-0.2, -0.15) is 0 Å². The molecule has 0 bridgehead atoms. The molecule has 0 spiro atoms. The summed E-state index contributed by atoms with van der Waals surface area (Å²) in [6, 6.07) is 7.35. The smallest absolute Gasteiger partial charge is 0.309 e. The molecule has 3 heteroatoms. The van der Waals surface area contributed by atoms with Crippen molar-refractivity contribution in [3.8, 4) is 0 Å². The quantitative estimate of drug-likeness (QED) is 0.804. The topological polar surface area (TPSA) is 57.5 Å². The Bertz CT molecular complexity index is 360. The van der Waals surface area contributed by atoms with Crippen LogP contribution in [0.5, 0.6) is 0 Å². The number of carboxylic acids is 1. The third-order valence-electron chi connectivity index (χ3n) is 2.68. The average molecular weight is 222 g/mol. The SMILES string of the molecule is CCCC(C(=O)O)C(O)c1cccc(C)c1. The van der Waals surface area contributed by atoms with Crippen LogP contribution in [0.25, 0.3) is 0 Å². The van der Waals surface area contributed by atoms with Gasteiger partial charge in [-0.15, -0.1) is 0 Å². The van der Waals surface area contributed by atoms with E-state index in [1.165, 1.54) is 0 Å². The van der Waals surface area contributed by atoms with Gasteiger partial charge in [0.05, 0.1) is 12.0 Å². The Kier molecular flexibility index (Phi) is 4.50. The van der Waals surface area contributed by atoms with Gasteiger partial charge in [0.1, 0.15) is 0 Å². The third-order valence-corrected chi connectivity index (χ3v) is 2.68. The number of aliphatic hydroxyl groups excluding tert-OH is 1. The van der Waals surface area contributed by atoms with Crippen molar-refractivity contribution in [3.05, 3.63) is 35.4 Å². The number of benzene rings is 1. The molecule has 1 aromatic carbocycles. The van der Waals surface area contributed by atoms with Crippen LogP contribution in [0.1, 0.15) is 37.0 Å². The molecule has 1 aromatic rings. The Morgan fingerprint density at radius 1 is 1.44 bits per heavy atom. The molecule has 0 amide bonds. The minimum absolute atomic E-state index is 0.491. The molecule has 0 radical (unpaired) electrons. The van der Waals surface area contributed by atoms with E-state index < -0.39 is 18.0 Å². The normalized spacial score (nSPS) is 14.4. The van der Waals surface area contributed by atoms with Crippen LogP contribution in [-0.4, -0.2) is 16.2 Å². The fourth-order valence-electron chi connectivity index (χ4n) is 1.81. The summed E-state index contributed by atoms with van der Waals surface area (Å²) in [5.41, 5.74) is 1.71. The summed E-state index contributed by atoms with van der Waals surface area (Å²) >= 11 is 0. The predicted octanol–water partition coefficient (Wildman–Crippen LogP) is 2.53. The van der Waals surface area contributed by atoms with Crippen molar-refractivity contribution in [1.29, 1.82) is 0 Å². The first-order valence-corrected chi connectivity index (χ1v) is 5.53. The fourth-order valence-corrected chi connectivity index (χ4v) is 1.81. The first-order valence-electron chi connectivity index (χ1n) is 5.53. The molecule has 2 atom stereocenters. The van der Waals surface area contributed by atoms with Crippen LogP contribution in [0.4, 0.5) is 0 Å². The van der Waals surface area contributed by atoms with Crippen molar-refractivity contribution in [2.75, 3.05) is 0 Å². The Hall–Kier alpha value is -1.35. The summed E-state index contributed by atoms with van der Waals surface area (Å²) in [5.74, 6) is -1.65. The Labute approximate surface area is 95.7 Å². The highest BCUT2D eigenvalue weighted by Crippen LogP contribution is 2.26. The molecule has 2 unspecified atom stereocenters. The maximum atomic E-state index is 11.0. The van der Waals surface area contributed by atoms with Gasteiger partial charge in [-0.05, 0) is 18.9 Å². The highest BCUT2D eigenvalue weighted by Gasteiger charge is 2.26. The van der Waals surface area contributed by atoms with Crippen molar-refractivity contribution in [2.45, 2.75) is 32.8 Å². The van der Waals surface area contributed by atoms with Gasteiger partial charge in [0.2, 0.25) is 0 Å².